The van der Waals surface area contributed by atoms with Gasteiger partial charge in [-0.3, -0.25) is 0 Å². The van der Waals surface area contributed by atoms with Crippen molar-refractivity contribution in [2.75, 3.05) is 27.3 Å². The Kier molecular flexibility index (Phi) is 7.37. The van der Waals surface area contributed by atoms with Crippen molar-refractivity contribution in [3.05, 3.63) is 23.3 Å². The maximum Gasteiger partial charge on any atom is 0.318 e. The van der Waals surface area contributed by atoms with E-state index in [1.165, 1.54) is 0 Å². The zero-order chi connectivity index (χ0) is 20.8. The lowest BCUT2D eigenvalue weighted by atomic mass is 9.92. The Hall–Kier alpha value is -2.64. The molecule has 1 atom stereocenters. The zero-order valence-electron chi connectivity index (χ0n) is 17.6. The van der Waals surface area contributed by atoms with Crippen LogP contribution >= 0.6 is 0 Å². The third kappa shape index (κ3) is 5.21. The molecule has 1 aliphatic rings. The van der Waals surface area contributed by atoms with Crippen molar-refractivity contribution in [3.63, 3.8) is 0 Å². The third-order valence-electron chi connectivity index (χ3n) is 4.55. The molecular formula is C20H32N4O4. The van der Waals surface area contributed by atoms with Crippen LogP contribution in [0.15, 0.2) is 12.1 Å². The van der Waals surface area contributed by atoms with Crippen LogP contribution in [0.3, 0.4) is 0 Å². The lowest BCUT2D eigenvalue weighted by molar-refractivity contribution is 0.164. The number of benzene rings is 1. The summed E-state index contributed by atoms with van der Waals surface area (Å²) in [5.41, 5.74) is 2.04. The van der Waals surface area contributed by atoms with E-state index in [1.807, 2.05) is 39.8 Å². The molecule has 2 rings (SSSR count). The molecule has 1 aliphatic heterocycles. The van der Waals surface area contributed by atoms with E-state index >= 15 is 0 Å². The summed E-state index contributed by atoms with van der Waals surface area (Å²) in [6, 6.07) is 3.20. The number of nitrogens with zero attached hydrogens (tertiary/aromatic N) is 1. The van der Waals surface area contributed by atoms with Crippen molar-refractivity contribution in [1.29, 1.82) is 0 Å². The van der Waals surface area contributed by atoms with Gasteiger partial charge in [-0.15, -0.1) is 0 Å². The highest BCUT2D eigenvalue weighted by Crippen LogP contribution is 2.38. The summed E-state index contributed by atoms with van der Waals surface area (Å²) in [6.45, 7) is 8.50. The Morgan fingerprint density at radius 1 is 1.07 bits per heavy atom. The first-order chi connectivity index (χ1) is 13.3. The molecule has 0 bridgehead atoms. The Morgan fingerprint density at radius 3 is 2.25 bits per heavy atom. The second-order valence-electron chi connectivity index (χ2n) is 7.48. The van der Waals surface area contributed by atoms with Crippen molar-refractivity contribution in [3.8, 4) is 11.5 Å². The van der Waals surface area contributed by atoms with Crippen LogP contribution in [0.2, 0.25) is 0 Å². The van der Waals surface area contributed by atoms with Crippen LogP contribution in [0.25, 0.3) is 0 Å². The number of rotatable bonds is 6. The molecule has 0 saturated heterocycles. The Morgan fingerprint density at radius 2 is 1.68 bits per heavy atom. The quantitative estimate of drug-likeness (QED) is 0.693. The van der Waals surface area contributed by atoms with Crippen LogP contribution in [-0.4, -0.2) is 56.4 Å². The highest BCUT2D eigenvalue weighted by Gasteiger charge is 2.32. The number of hydrogen-bond donors (Lipinski definition) is 3. The molecule has 8 nitrogen and oxygen atoms in total. The van der Waals surface area contributed by atoms with Gasteiger partial charge in [0.25, 0.3) is 0 Å². The molecule has 0 radical (unpaired) electrons. The van der Waals surface area contributed by atoms with Gasteiger partial charge >= 0.3 is 12.1 Å². The minimum absolute atomic E-state index is 0.0251. The monoisotopic (exact) mass is 392 g/mol. The first-order valence-electron chi connectivity index (χ1n) is 9.63. The summed E-state index contributed by atoms with van der Waals surface area (Å²) in [5.74, 6) is 1.26. The highest BCUT2D eigenvalue weighted by molar-refractivity contribution is 5.77. The minimum Gasteiger partial charge on any atom is -0.493 e. The topological polar surface area (TPSA) is 91.9 Å². The van der Waals surface area contributed by atoms with Crippen LogP contribution in [0.1, 0.15) is 44.9 Å². The normalized spacial score (nSPS) is 15.9. The Balaban J connectivity index is 2.34. The molecule has 0 aliphatic carbocycles. The van der Waals surface area contributed by atoms with Crippen molar-refractivity contribution >= 4 is 12.1 Å². The van der Waals surface area contributed by atoms with Crippen LogP contribution in [0.4, 0.5) is 9.59 Å². The van der Waals surface area contributed by atoms with E-state index in [0.717, 1.165) is 11.1 Å². The summed E-state index contributed by atoms with van der Waals surface area (Å²) in [4.78, 5) is 26.6. The van der Waals surface area contributed by atoms with Gasteiger partial charge in [0, 0.05) is 25.2 Å². The number of nitrogens with one attached hydrogen (secondary N) is 3. The van der Waals surface area contributed by atoms with Crippen LogP contribution in [-0.2, 0) is 6.42 Å². The van der Waals surface area contributed by atoms with Gasteiger partial charge in [-0.25, -0.2) is 9.59 Å². The number of urea groups is 2. The molecule has 1 aromatic carbocycles. The van der Waals surface area contributed by atoms with Crippen LogP contribution < -0.4 is 25.4 Å². The van der Waals surface area contributed by atoms with Crippen molar-refractivity contribution in [2.24, 2.45) is 0 Å². The molecule has 1 unspecified atom stereocenters. The predicted molar refractivity (Wildman–Crippen MR) is 108 cm³/mol. The first-order valence-corrected chi connectivity index (χ1v) is 9.63. The second-order valence-corrected chi connectivity index (χ2v) is 7.48. The first kappa shape index (κ1) is 21.7. The molecule has 156 valence electrons. The number of methoxy groups -OCH3 is 2. The molecule has 28 heavy (non-hydrogen) atoms. The summed E-state index contributed by atoms with van der Waals surface area (Å²) in [7, 11) is 3.18. The summed E-state index contributed by atoms with van der Waals surface area (Å²) >= 11 is 0. The number of amides is 4. The van der Waals surface area contributed by atoms with Gasteiger partial charge in [0.1, 0.15) is 0 Å². The average molecular weight is 393 g/mol. The molecule has 0 fully saturated rings. The molecule has 1 heterocycles. The van der Waals surface area contributed by atoms with Crippen LogP contribution in [0.5, 0.6) is 11.5 Å². The second kappa shape index (κ2) is 9.52. The maximum absolute atomic E-state index is 12.8. The molecule has 4 amide bonds. The zero-order valence-corrected chi connectivity index (χ0v) is 17.6. The SMILES string of the molecule is COc1cc2c(cc1OC)C(CNC(=O)NC(C)C)N(C(=O)NC(C)C)CC2. The van der Waals surface area contributed by atoms with Crippen LogP contribution in [0, 0.1) is 0 Å². The van der Waals surface area contributed by atoms with Gasteiger partial charge in [0.15, 0.2) is 11.5 Å². The van der Waals surface area contributed by atoms with Gasteiger partial charge in [-0.1, -0.05) is 0 Å². The van der Waals surface area contributed by atoms with Gasteiger partial charge in [0.05, 0.1) is 20.3 Å². The van der Waals surface area contributed by atoms with Crippen molar-refractivity contribution in [2.45, 2.75) is 52.2 Å². The molecule has 0 aromatic heterocycles. The number of ether oxygens (including phenoxy) is 2. The molecule has 3 N–H and O–H groups in total. The smallest absolute Gasteiger partial charge is 0.318 e. The summed E-state index contributed by atoms with van der Waals surface area (Å²) in [6.07, 6.45) is 0.704. The lowest BCUT2D eigenvalue weighted by Crippen LogP contribution is -2.51. The van der Waals surface area contributed by atoms with E-state index in [4.69, 9.17) is 9.47 Å². The maximum atomic E-state index is 12.8. The Labute approximate surface area is 166 Å². The minimum atomic E-state index is -0.305. The number of fused-ring (bicyclic) bond motifs is 1. The van der Waals surface area contributed by atoms with Gasteiger partial charge < -0.3 is 30.3 Å². The van der Waals surface area contributed by atoms with Crippen molar-refractivity contribution in [1.82, 2.24) is 20.9 Å². The number of carbonyl (C=O) groups excluding carboxylic acids is 2. The molecule has 8 heteroatoms. The molecule has 0 spiro atoms. The largest absolute Gasteiger partial charge is 0.493 e. The van der Waals surface area contributed by atoms with E-state index in [0.29, 0.717) is 31.0 Å². The summed E-state index contributed by atoms with van der Waals surface area (Å²) < 4.78 is 10.9. The van der Waals surface area contributed by atoms with Gasteiger partial charge in [0.2, 0.25) is 0 Å². The fourth-order valence-corrected chi connectivity index (χ4v) is 3.32. The standard InChI is InChI=1S/C20H32N4O4/c1-12(2)22-19(25)21-11-16-15-10-18(28-6)17(27-5)9-14(15)7-8-24(16)20(26)23-13(3)4/h9-10,12-13,16H,7-8,11H2,1-6H3,(H,23,26)(H2,21,22,25). The van der Waals surface area contributed by atoms with E-state index in [1.54, 1.807) is 19.1 Å². The Bertz CT molecular complexity index is 706. The molecular weight excluding hydrogens is 360 g/mol. The molecule has 0 saturated carbocycles. The van der Waals surface area contributed by atoms with E-state index in [2.05, 4.69) is 16.0 Å². The number of carbonyl (C=O) groups is 2. The van der Waals surface area contributed by atoms with Gasteiger partial charge in [-0.05, 0) is 57.4 Å². The predicted octanol–water partition coefficient (Wildman–Crippen LogP) is 2.43. The van der Waals surface area contributed by atoms with E-state index < -0.39 is 0 Å². The highest BCUT2D eigenvalue weighted by atomic mass is 16.5. The fourth-order valence-electron chi connectivity index (χ4n) is 3.32. The third-order valence-corrected chi connectivity index (χ3v) is 4.55. The van der Waals surface area contributed by atoms with Crippen molar-refractivity contribution < 1.29 is 19.1 Å². The fraction of sp³-hybridized carbons (Fsp3) is 0.600. The van der Waals surface area contributed by atoms with Gasteiger partial charge in [-0.2, -0.15) is 0 Å². The summed E-state index contributed by atoms with van der Waals surface area (Å²) in [5, 5.41) is 8.64. The van der Waals surface area contributed by atoms with E-state index in [9.17, 15) is 9.59 Å². The van der Waals surface area contributed by atoms with E-state index in [-0.39, 0.29) is 30.2 Å². The number of hydrogen-bond acceptors (Lipinski definition) is 4. The average Bonchev–Trinajstić information content (AvgIpc) is 2.63. The molecule has 1 aromatic rings. The lowest BCUT2D eigenvalue weighted by Gasteiger charge is -2.38.